The van der Waals surface area contributed by atoms with Gasteiger partial charge in [-0.25, -0.2) is 4.98 Å². The lowest BCUT2D eigenvalue weighted by molar-refractivity contribution is 0.480. The van der Waals surface area contributed by atoms with Crippen LogP contribution in [-0.4, -0.2) is 10.1 Å². The number of hydrogen-bond acceptors (Lipinski definition) is 4. The predicted octanol–water partition coefficient (Wildman–Crippen LogP) is 3.32. The third kappa shape index (κ3) is 1.42. The van der Waals surface area contributed by atoms with E-state index in [0.29, 0.717) is 22.1 Å². The second-order valence-corrected chi connectivity index (χ2v) is 4.65. The second-order valence-electron chi connectivity index (χ2n) is 4.65. The Morgan fingerprint density at radius 3 is 2.75 bits per heavy atom. The number of nitrogens with one attached hydrogen (secondary N) is 1. The molecule has 0 saturated heterocycles. The van der Waals surface area contributed by atoms with E-state index >= 15 is 0 Å². The lowest BCUT2D eigenvalue weighted by atomic mass is 10.1. The number of phenols is 1. The van der Waals surface area contributed by atoms with Crippen molar-refractivity contribution in [3.05, 3.63) is 53.9 Å². The van der Waals surface area contributed by atoms with Gasteiger partial charge in [-0.3, -0.25) is 0 Å². The molecule has 1 heterocycles. The summed E-state index contributed by atoms with van der Waals surface area (Å²) in [5.74, 6) is 0.0407. The van der Waals surface area contributed by atoms with Crippen molar-refractivity contribution in [1.82, 2.24) is 4.98 Å². The Morgan fingerprint density at radius 1 is 1.00 bits per heavy atom. The zero-order valence-electron chi connectivity index (χ0n) is 10.4. The van der Waals surface area contributed by atoms with E-state index in [1.54, 1.807) is 12.1 Å². The molecule has 96 valence electrons. The summed E-state index contributed by atoms with van der Waals surface area (Å²) in [7, 11) is 0. The van der Waals surface area contributed by atoms with Crippen molar-refractivity contribution in [2.75, 3.05) is 0 Å². The van der Waals surface area contributed by atoms with Gasteiger partial charge in [-0.05, 0) is 18.2 Å². The van der Waals surface area contributed by atoms with Gasteiger partial charge in [0, 0.05) is 11.5 Å². The first-order valence-electron chi connectivity index (χ1n) is 6.23. The van der Waals surface area contributed by atoms with Crippen LogP contribution in [0.15, 0.2) is 52.9 Å². The molecule has 0 aliphatic carbocycles. The molecule has 0 atom stereocenters. The topological polar surface area (TPSA) is 70.1 Å². The zero-order valence-corrected chi connectivity index (χ0v) is 10.4. The highest BCUT2D eigenvalue weighted by Crippen LogP contribution is 2.31. The number of aromatic nitrogens is 1. The fraction of sp³-hybridized carbons (Fsp3) is 0. The minimum Gasteiger partial charge on any atom is -0.507 e. The van der Waals surface area contributed by atoms with Gasteiger partial charge < -0.3 is 14.9 Å². The Kier molecular flexibility index (Phi) is 2.09. The van der Waals surface area contributed by atoms with Crippen LogP contribution in [0.3, 0.4) is 0 Å². The number of nitrogens with zero attached hydrogens (tertiary/aromatic N) is 1. The summed E-state index contributed by atoms with van der Waals surface area (Å²) in [6.45, 7) is 0. The van der Waals surface area contributed by atoms with Crippen molar-refractivity contribution in [3.8, 4) is 5.75 Å². The molecule has 0 radical (unpaired) electrons. The summed E-state index contributed by atoms with van der Waals surface area (Å²) in [6.07, 6.45) is 0. The summed E-state index contributed by atoms with van der Waals surface area (Å²) < 4.78 is 5.79. The average molecular weight is 262 g/mol. The van der Waals surface area contributed by atoms with Gasteiger partial charge in [-0.15, -0.1) is 0 Å². The summed E-state index contributed by atoms with van der Waals surface area (Å²) in [5, 5.41) is 19.5. The summed E-state index contributed by atoms with van der Waals surface area (Å²) in [4.78, 5) is 4.60. The van der Waals surface area contributed by atoms with Crippen LogP contribution in [0.25, 0.3) is 33.0 Å². The van der Waals surface area contributed by atoms with Crippen molar-refractivity contribution >= 4 is 33.0 Å². The zero-order chi connectivity index (χ0) is 13.7. The van der Waals surface area contributed by atoms with Crippen LogP contribution >= 0.6 is 0 Å². The van der Waals surface area contributed by atoms with E-state index in [-0.39, 0.29) is 11.1 Å². The van der Waals surface area contributed by atoms with Crippen molar-refractivity contribution in [2.45, 2.75) is 0 Å². The quantitative estimate of drug-likeness (QED) is 0.377. The summed E-state index contributed by atoms with van der Waals surface area (Å²) in [6, 6.07) is 14.3. The van der Waals surface area contributed by atoms with Crippen LogP contribution in [0, 0.1) is 5.41 Å². The number of rotatable bonds is 0. The van der Waals surface area contributed by atoms with Crippen LogP contribution < -0.4 is 5.36 Å². The van der Waals surface area contributed by atoms with Crippen LogP contribution in [0.4, 0.5) is 0 Å². The Hall–Kier alpha value is -2.88. The van der Waals surface area contributed by atoms with Gasteiger partial charge in [0.25, 0.3) is 0 Å². The van der Waals surface area contributed by atoms with Crippen LogP contribution in [0.5, 0.6) is 5.75 Å². The molecule has 0 bridgehead atoms. The molecule has 3 aromatic carbocycles. The van der Waals surface area contributed by atoms with E-state index in [1.807, 2.05) is 30.3 Å². The highest BCUT2D eigenvalue weighted by Gasteiger charge is 2.11. The highest BCUT2D eigenvalue weighted by molar-refractivity contribution is 6.07. The van der Waals surface area contributed by atoms with Crippen molar-refractivity contribution < 1.29 is 9.52 Å². The van der Waals surface area contributed by atoms with Gasteiger partial charge in [-0.2, -0.15) is 0 Å². The first-order valence-corrected chi connectivity index (χ1v) is 6.23. The molecule has 20 heavy (non-hydrogen) atoms. The Labute approximate surface area is 113 Å². The number of phenolic OH excluding ortho intramolecular Hbond substituents is 1. The van der Waals surface area contributed by atoms with Crippen molar-refractivity contribution in [1.29, 1.82) is 5.41 Å². The average Bonchev–Trinajstić information content (AvgIpc) is 2.45. The standard InChI is InChI=1S/C16H10N2O2/c17-10-5-3-4-9-15(10)12(19)8-14-16(9)18-11-6-1-2-7-13(11)20-14/h1-8,17,19H. The molecular weight excluding hydrogens is 252 g/mol. The molecule has 4 aromatic rings. The molecule has 4 rings (SSSR count). The van der Waals surface area contributed by atoms with E-state index in [1.165, 1.54) is 6.07 Å². The fourth-order valence-corrected chi connectivity index (χ4v) is 2.49. The molecule has 0 aliphatic rings. The van der Waals surface area contributed by atoms with E-state index < -0.39 is 0 Å². The smallest absolute Gasteiger partial charge is 0.157 e. The molecule has 0 aliphatic heterocycles. The lowest BCUT2D eigenvalue weighted by Crippen LogP contribution is -1.99. The molecule has 1 aromatic heterocycles. The third-order valence-electron chi connectivity index (χ3n) is 3.39. The summed E-state index contributed by atoms with van der Waals surface area (Å²) in [5.41, 5.74) is 2.59. The van der Waals surface area contributed by atoms with Crippen LogP contribution in [0.2, 0.25) is 0 Å². The molecule has 0 unspecified atom stereocenters. The number of aromatic hydroxyl groups is 1. The molecule has 4 nitrogen and oxygen atoms in total. The first-order chi connectivity index (χ1) is 9.74. The monoisotopic (exact) mass is 262 g/mol. The maximum Gasteiger partial charge on any atom is 0.157 e. The molecule has 0 saturated carbocycles. The van der Waals surface area contributed by atoms with E-state index in [4.69, 9.17) is 9.83 Å². The largest absolute Gasteiger partial charge is 0.507 e. The SMILES string of the molecule is N=c1cccc2c1c(O)cc1oc3ccccc3nc12. The number of hydrogen-bond donors (Lipinski definition) is 2. The van der Waals surface area contributed by atoms with E-state index in [9.17, 15) is 5.11 Å². The third-order valence-corrected chi connectivity index (χ3v) is 3.39. The van der Waals surface area contributed by atoms with Gasteiger partial charge >= 0.3 is 0 Å². The highest BCUT2D eigenvalue weighted by atomic mass is 16.3. The Bertz CT molecular complexity index is 1030. The number of benzene rings is 3. The van der Waals surface area contributed by atoms with Crippen molar-refractivity contribution in [2.24, 2.45) is 0 Å². The van der Waals surface area contributed by atoms with Crippen molar-refractivity contribution in [3.63, 3.8) is 0 Å². The molecule has 0 spiro atoms. The minimum absolute atomic E-state index is 0.0407. The van der Waals surface area contributed by atoms with E-state index in [2.05, 4.69) is 4.98 Å². The minimum atomic E-state index is 0.0407. The van der Waals surface area contributed by atoms with E-state index in [0.717, 1.165) is 10.9 Å². The van der Waals surface area contributed by atoms with Gasteiger partial charge in [0.15, 0.2) is 11.2 Å². The summed E-state index contributed by atoms with van der Waals surface area (Å²) >= 11 is 0. The van der Waals surface area contributed by atoms with Gasteiger partial charge in [-0.1, -0.05) is 24.3 Å². The maximum atomic E-state index is 10.1. The number of para-hydroxylation sites is 2. The molecule has 0 amide bonds. The fourth-order valence-electron chi connectivity index (χ4n) is 2.49. The number of fused-ring (bicyclic) bond motifs is 4. The first kappa shape index (κ1) is 11.0. The molecule has 4 heteroatoms. The lowest BCUT2D eigenvalue weighted by Gasteiger charge is -2.06. The van der Waals surface area contributed by atoms with Gasteiger partial charge in [0.05, 0.1) is 10.7 Å². The molecule has 2 N–H and O–H groups in total. The Balaban J connectivity index is 2.32. The molecule has 0 fully saturated rings. The van der Waals surface area contributed by atoms with Crippen LogP contribution in [0.1, 0.15) is 0 Å². The second kappa shape index (κ2) is 3.81. The van der Waals surface area contributed by atoms with Gasteiger partial charge in [0.1, 0.15) is 16.8 Å². The van der Waals surface area contributed by atoms with Gasteiger partial charge in [0.2, 0.25) is 0 Å². The molecular formula is C16H10N2O2. The maximum absolute atomic E-state index is 10.1. The normalized spacial score (nSPS) is 11.4. The Morgan fingerprint density at radius 2 is 1.85 bits per heavy atom. The van der Waals surface area contributed by atoms with Crippen LogP contribution in [-0.2, 0) is 0 Å². The predicted molar refractivity (Wildman–Crippen MR) is 76.5 cm³/mol.